The fraction of sp³-hybridized carbons (Fsp3) is 0.133. The van der Waals surface area contributed by atoms with Crippen LogP contribution in [0, 0.1) is 5.82 Å². The molecule has 0 fully saturated rings. The van der Waals surface area contributed by atoms with Gasteiger partial charge in [-0.15, -0.1) is 0 Å². The SMILES string of the molecule is Fc1ccc(C(Br)Cc2nc3ccccc3o2)cc1. The lowest BCUT2D eigenvalue weighted by molar-refractivity contribution is 0.527. The Labute approximate surface area is 118 Å². The highest BCUT2D eigenvalue weighted by molar-refractivity contribution is 9.09. The quantitative estimate of drug-likeness (QED) is 0.657. The van der Waals surface area contributed by atoms with E-state index in [-0.39, 0.29) is 10.6 Å². The zero-order valence-corrected chi connectivity index (χ0v) is 11.6. The number of benzene rings is 2. The maximum Gasteiger partial charge on any atom is 0.196 e. The number of rotatable bonds is 3. The molecule has 2 aromatic carbocycles. The minimum atomic E-state index is -0.231. The van der Waals surface area contributed by atoms with Crippen molar-refractivity contribution in [3.05, 3.63) is 65.8 Å². The average molecular weight is 320 g/mol. The Morgan fingerprint density at radius 1 is 1.11 bits per heavy atom. The highest BCUT2D eigenvalue weighted by Crippen LogP contribution is 2.28. The van der Waals surface area contributed by atoms with E-state index in [2.05, 4.69) is 20.9 Å². The maximum atomic E-state index is 12.9. The predicted octanol–water partition coefficient (Wildman–Crippen LogP) is 4.65. The van der Waals surface area contributed by atoms with Crippen LogP contribution in [0.25, 0.3) is 11.1 Å². The first kappa shape index (κ1) is 12.4. The monoisotopic (exact) mass is 319 g/mol. The van der Waals surface area contributed by atoms with Gasteiger partial charge in [-0.3, -0.25) is 0 Å². The molecular weight excluding hydrogens is 309 g/mol. The van der Waals surface area contributed by atoms with E-state index in [0.717, 1.165) is 16.7 Å². The van der Waals surface area contributed by atoms with Gasteiger partial charge in [0.1, 0.15) is 11.3 Å². The van der Waals surface area contributed by atoms with Gasteiger partial charge >= 0.3 is 0 Å². The van der Waals surface area contributed by atoms with Crippen LogP contribution in [-0.2, 0) is 6.42 Å². The number of aromatic nitrogens is 1. The third kappa shape index (κ3) is 2.68. The van der Waals surface area contributed by atoms with E-state index in [1.807, 2.05) is 24.3 Å². The van der Waals surface area contributed by atoms with Crippen molar-refractivity contribution in [1.29, 1.82) is 0 Å². The number of fused-ring (bicyclic) bond motifs is 1. The number of nitrogens with zero attached hydrogens (tertiary/aromatic N) is 1. The van der Waals surface area contributed by atoms with Crippen LogP contribution in [0.2, 0.25) is 0 Å². The molecule has 0 aliphatic heterocycles. The average Bonchev–Trinajstić information content (AvgIpc) is 2.81. The summed E-state index contributed by atoms with van der Waals surface area (Å²) in [4.78, 5) is 4.48. The van der Waals surface area contributed by atoms with Crippen LogP contribution in [0.4, 0.5) is 4.39 Å². The van der Waals surface area contributed by atoms with Crippen molar-refractivity contribution in [2.45, 2.75) is 11.2 Å². The highest BCUT2D eigenvalue weighted by Gasteiger charge is 2.13. The minimum Gasteiger partial charge on any atom is -0.441 e. The number of halogens is 2. The smallest absolute Gasteiger partial charge is 0.196 e. The summed E-state index contributed by atoms with van der Waals surface area (Å²) in [6, 6.07) is 14.1. The van der Waals surface area contributed by atoms with Crippen molar-refractivity contribution in [2.24, 2.45) is 0 Å². The van der Waals surface area contributed by atoms with Gasteiger partial charge in [0.2, 0.25) is 0 Å². The van der Waals surface area contributed by atoms with Crippen LogP contribution in [0.5, 0.6) is 0 Å². The van der Waals surface area contributed by atoms with Gasteiger partial charge in [0.15, 0.2) is 11.5 Å². The van der Waals surface area contributed by atoms with Crippen molar-refractivity contribution in [1.82, 2.24) is 4.98 Å². The Morgan fingerprint density at radius 3 is 2.58 bits per heavy atom. The Hall–Kier alpha value is -1.68. The second-order valence-corrected chi connectivity index (χ2v) is 5.40. The van der Waals surface area contributed by atoms with E-state index in [1.165, 1.54) is 12.1 Å². The molecule has 0 saturated carbocycles. The molecule has 0 aliphatic rings. The molecule has 0 bridgehead atoms. The van der Waals surface area contributed by atoms with E-state index >= 15 is 0 Å². The molecule has 4 heteroatoms. The number of oxazole rings is 1. The molecule has 96 valence electrons. The first-order valence-electron chi connectivity index (χ1n) is 5.96. The Morgan fingerprint density at radius 2 is 1.84 bits per heavy atom. The van der Waals surface area contributed by atoms with Crippen LogP contribution >= 0.6 is 15.9 Å². The van der Waals surface area contributed by atoms with Gasteiger partial charge in [-0.05, 0) is 29.8 Å². The lowest BCUT2D eigenvalue weighted by atomic mass is 10.1. The van der Waals surface area contributed by atoms with E-state index in [9.17, 15) is 4.39 Å². The summed E-state index contributed by atoms with van der Waals surface area (Å²) in [5.74, 6) is 0.442. The van der Waals surface area contributed by atoms with Gasteiger partial charge in [-0.1, -0.05) is 40.2 Å². The van der Waals surface area contributed by atoms with Crippen LogP contribution in [-0.4, -0.2) is 4.98 Å². The van der Waals surface area contributed by atoms with Crippen LogP contribution in [0.15, 0.2) is 52.9 Å². The summed E-state index contributed by atoms with van der Waals surface area (Å²) in [6.07, 6.45) is 0.625. The fourth-order valence-electron chi connectivity index (χ4n) is 1.95. The molecule has 1 aromatic heterocycles. The van der Waals surface area contributed by atoms with E-state index in [0.29, 0.717) is 12.3 Å². The molecule has 1 unspecified atom stereocenters. The van der Waals surface area contributed by atoms with Crippen molar-refractivity contribution < 1.29 is 8.81 Å². The molecule has 0 aliphatic carbocycles. The largest absolute Gasteiger partial charge is 0.441 e. The highest BCUT2D eigenvalue weighted by atomic mass is 79.9. The third-order valence-corrected chi connectivity index (χ3v) is 3.78. The van der Waals surface area contributed by atoms with Crippen molar-refractivity contribution in [3.8, 4) is 0 Å². The standard InChI is InChI=1S/C15H11BrFNO/c16-12(10-5-7-11(17)8-6-10)9-15-18-13-3-1-2-4-14(13)19-15/h1-8,12H,9H2. The van der Waals surface area contributed by atoms with Gasteiger partial charge in [-0.2, -0.15) is 0 Å². The summed E-state index contributed by atoms with van der Waals surface area (Å²) < 4.78 is 18.5. The molecule has 0 N–H and O–H groups in total. The van der Waals surface area contributed by atoms with Crippen molar-refractivity contribution in [3.63, 3.8) is 0 Å². The topological polar surface area (TPSA) is 26.0 Å². The summed E-state index contributed by atoms with van der Waals surface area (Å²) in [5.41, 5.74) is 2.65. The number of para-hydroxylation sites is 2. The Kier molecular flexibility index (Phi) is 3.34. The molecule has 0 spiro atoms. The molecule has 1 heterocycles. The minimum absolute atomic E-state index is 0.0566. The third-order valence-electron chi connectivity index (χ3n) is 2.92. The number of hydrogen-bond acceptors (Lipinski definition) is 2. The second-order valence-electron chi connectivity index (χ2n) is 4.30. The lowest BCUT2D eigenvalue weighted by Crippen LogP contribution is -1.95. The first-order valence-corrected chi connectivity index (χ1v) is 6.88. The van der Waals surface area contributed by atoms with Crippen molar-refractivity contribution in [2.75, 3.05) is 0 Å². The second kappa shape index (κ2) is 5.13. The summed E-state index contributed by atoms with van der Waals surface area (Å²) >= 11 is 3.58. The van der Waals surface area contributed by atoms with Crippen LogP contribution in [0.1, 0.15) is 16.3 Å². The normalized spacial score (nSPS) is 12.7. The molecule has 19 heavy (non-hydrogen) atoms. The molecular formula is C15H11BrFNO. The van der Waals surface area contributed by atoms with Crippen LogP contribution in [0.3, 0.4) is 0 Å². The number of alkyl halides is 1. The lowest BCUT2D eigenvalue weighted by Gasteiger charge is -2.07. The van der Waals surface area contributed by atoms with Gasteiger partial charge in [0.25, 0.3) is 0 Å². The fourth-order valence-corrected chi connectivity index (χ4v) is 2.53. The van der Waals surface area contributed by atoms with Gasteiger partial charge in [0, 0.05) is 11.2 Å². The molecule has 3 aromatic rings. The van der Waals surface area contributed by atoms with E-state index < -0.39 is 0 Å². The summed E-state index contributed by atoms with van der Waals surface area (Å²) in [6.45, 7) is 0. The summed E-state index contributed by atoms with van der Waals surface area (Å²) in [5, 5.41) is 0. The van der Waals surface area contributed by atoms with E-state index in [4.69, 9.17) is 4.42 Å². The Balaban J connectivity index is 1.82. The van der Waals surface area contributed by atoms with E-state index in [1.54, 1.807) is 12.1 Å². The van der Waals surface area contributed by atoms with Gasteiger partial charge in [-0.25, -0.2) is 9.37 Å². The van der Waals surface area contributed by atoms with Crippen molar-refractivity contribution >= 4 is 27.0 Å². The van der Waals surface area contributed by atoms with Crippen LogP contribution < -0.4 is 0 Å². The Bertz CT molecular complexity index is 660. The molecule has 0 amide bonds. The van der Waals surface area contributed by atoms with Gasteiger partial charge < -0.3 is 4.42 Å². The summed E-state index contributed by atoms with van der Waals surface area (Å²) in [7, 11) is 0. The molecule has 0 saturated heterocycles. The first-order chi connectivity index (χ1) is 9.22. The number of hydrogen-bond donors (Lipinski definition) is 0. The maximum absolute atomic E-state index is 12.9. The zero-order valence-electron chi connectivity index (χ0n) is 10.0. The molecule has 3 rings (SSSR count). The molecule has 1 atom stereocenters. The predicted molar refractivity (Wildman–Crippen MR) is 75.8 cm³/mol. The zero-order chi connectivity index (χ0) is 13.2. The van der Waals surface area contributed by atoms with Gasteiger partial charge in [0.05, 0.1) is 0 Å². The molecule has 2 nitrogen and oxygen atoms in total. The molecule has 0 radical (unpaired) electrons.